The summed E-state index contributed by atoms with van der Waals surface area (Å²) in [5, 5.41) is 0.755. The molecule has 2 atom stereocenters. The third-order valence-corrected chi connectivity index (χ3v) is 19.4. The molecular formula is C12H30O6S5Si2. The maximum absolute atomic E-state index is 5.47. The molecule has 0 rings (SSSR count). The molecule has 0 aliphatic rings. The average Bonchev–Trinajstić information content (AvgIpc) is 2.64. The Morgan fingerprint density at radius 1 is 0.560 bits per heavy atom. The molecular weight excluding hydrogens is 457 g/mol. The van der Waals surface area contributed by atoms with E-state index in [4.69, 9.17) is 26.6 Å². The molecule has 0 amide bonds. The molecule has 0 fully saturated rings. The molecule has 6 nitrogen and oxygen atoms in total. The zero-order valence-corrected chi connectivity index (χ0v) is 22.1. The van der Waals surface area contributed by atoms with E-state index in [2.05, 4.69) is 13.8 Å². The van der Waals surface area contributed by atoms with Crippen molar-refractivity contribution >= 4 is 68.7 Å². The van der Waals surface area contributed by atoms with Crippen LogP contribution >= 0.6 is 51.1 Å². The van der Waals surface area contributed by atoms with Crippen LogP contribution in [0, 0.1) is 0 Å². The molecule has 0 aromatic carbocycles. The lowest BCUT2D eigenvalue weighted by atomic mass is 10.6. The Morgan fingerprint density at radius 3 is 1.08 bits per heavy atom. The van der Waals surface area contributed by atoms with Gasteiger partial charge in [-0.2, -0.15) is 0 Å². The van der Waals surface area contributed by atoms with Crippen molar-refractivity contribution in [2.24, 2.45) is 0 Å². The predicted molar refractivity (Wildman–Crippen MR) is 120 cm³/mol. The standard InChI is InChI=1S/C12H30O6S5Si2/c1-11(9-24(13-3,14-4)15-5)19-21-23-22-20-12(2)10-25(16-6,17-7)18-8/h11-12H,9-10H2,1-8H3. The van der Waals surface area contributed by atoms with Crippen molar-refractivity contribution in [2.75, 3.05) is 42.7 Å². The minimum atomic E-state index is -2.50. The molecule has 2 unspecified atom stereocenters. The van der Waals surface area contributed by atoms with Crippen LogP contribution < -0.4 is 0 Å². The molecule has 0 aliphatic heterocycles. The zero-order chi connectivity index (χ0) is 19.3. The third-order valence-electron chi connectivity index (χ3n) is 3.40. The molecule has 0 saturated heterocycles. The normalized spacial score (nSPS) is 15.4. The summed E-state index contributed by atoms with van der Waals surface area (Å²) in [4.78, 5) is 0. The highest BCUT2D eigenvalue weighted by atomic mass is 33.8. The van der Waals surface area contributed by atoms with Crippen LogP contribution in [0.5, 0.6) is 0 Å². The Balaban J connectivity index is 4.02. The molecule has 0 heterocycles. The summed E-state index contributed by atoms with van der Waals surface area (Å²) >= 11 is 0. The summed E-state index contributed by atoms with van der Waals surface area (Å²) in [5.41, 5.74) is 0. The fourth-order valence-electron chi connectivity index (χ4n) is 1.95. The Labute approximate surface area is 173 Å². The molecule has 0 bridgehead atoms. The van der Waals surface area contributed by atoms with E-state index in [0.717, 1.165) is 12.1 Å². The minimum absolute atomic E-state index is 0.377. The van der Waals surface area contributed by atoms with E-state index in [0.29, 0.717) is 10.5 Å². The number of hydrogen-bond acceptors (Lipinski definition) is 11. The van der Waals surface area contributed by atoms with Gasteiger partial charge < -0.3 is 26.6 Å². The van der Waals surface area contributed by atoms with Gasteiger partial charge in [-0.25, -0.2) is 0 Å². The SMILES string of the molecule is CO[Si](CC(C)SSSSSC(C)C[Si](OC)(OC)OC)(OC)OC. The second-order valence-corrected chi connectivity index (χ2v) is 19.5. The van der Waals surface area contributed by atoms with Crippen LogP contribution in [-0.2, 0) is 26.6 Å². The largest absolute Gasteiger partial charge is 0.501 e. The molecule has 0 saturated carbocycles. The van der Waals surface area contributed by atoms with Gasteiger partial charge in [0.05, 0.1) is 0 Å². The van der Waals surface area contributed by atoms with E-state index in [9.17, 15) is 0 Å². The summed E-state index contributed by atoms with van der Waals surface area (Å²) in [6.07, 6.45) is 0. The first-order valence-electron chi connectivity index (χ1n) is 7.49. The predicted octanol–water partition coefficient (Wildman–Crippen LogP) is 4.85. The van der Waals surface area contributed by atoms with Gasteiger partial charge in [0.25, 0.3) is 0 Å². The Bertz CT molecular complexity index is 293. The van der Waals surface area contributed by atoms with Crippen LogP contribution in [-0.4, -0.2) is 70.8 Å². The van der Waals surface area contributed by atoms with Gasteiger partial charge >= 0.3 is 17.6 Å². The van der Waals surface area contributed by atoms with E-state index in [1.165, 1.54) is 0 Å². The lowest BCUT2D eigenvalue weighted by Crippen LogP contribution is -2.44. The lowest BCUT2D eigenvalue weighted by molar-refractivity contribution is 0.123. The number of hydrogen-bond donors (Lipinski definition) is 0. The second kappa shape index (κ2) is 14.9. The lowest BCUT2D eigenvalue weighted by Gasteiger charge is -2.26. The van der Waals surface area contributed by atoms with Crippen LogP contribution in [0.2, 0.25) is 12.1 Å². The second-order valence-electron chi connectivity index (χ2n) is 5.02. The van der Waals surface area contributed by atoms with E-state index in [1.807, 2.05) is 0 Å². The molecule has 0 aromatic rings. The van der Waals surface area contributed by atoms with Crippen molar-refractivity contribution in [1.29, 1.82) is 0 Å². The minimum Gasteiger partial charge on any atom is -0.377 e. The van der Waals surface area contributed by atoms with E-state index >= 15 is 0 Å². The highest BCUT2D eigenvalue weighted by molar-refractivity contribution is 9.35. The molecule has 0 aliphatic carbocycles. The van der Waals surface area contributed by atoms with E-state index in [1.54, 1.807) is 93.7 Å². The van der Waals surface area contributed by atoms with E-state index in [-0.39, 0.29) is 0 Å². The molecule has 0 aromatic heterocycles. The van der Waals surface area contributed by atoms with Crippen LogP contribution in [0.3, 0.4) is 0 Å². The first kappa shape index (κ1) is 26.9. The van der Waals surface area contributed by atoms with Gasteiger partial charge in [-0.3, -0.25) is 0 Å². The van der Waals surface area contributed by atoms with Gasteiger partial charge in [0.15, 0.2) is 0 Å². The quantitative estimate of drug-likeness (QED) is 0.171. The van der Waals surface area contributed by atoms with Crippen molar-refractivity contribution in [3.05, 3.63) is 0 Å². The summed E-state index contributed by atoms with van der Waals surface area (Å²) in [5.74, 6) is 0. The smallest absolute Gasteiger partial charge is 0.377 e. The summed E-state index contributed by atoms with van der Waals surface area (Å²) < 4.78 is 32.8. The molecule has 0 spiro atoms. The first-order valence-corrected chi connectivity index (χ1v) is 17.6. The van der Waals surface area contributed by atoms with Crippen molar-refractivity contribution in [1.82, 2.24) is 0 Å². The number of rotatable bonds is 16. The highest BCUT2D eigenvalue weighted by Crippen LogP contribution is 2.52. The zero-order valence-electron chi connectivity index (χ0n) is 16.1. The maximum atomic E-state index is 5.47. The van der Waals surface area contributed by atoms with Gasteiger partial charge in [-0.15, -0.1) is 0 Å². The molecule has 152 valence electrons. The average molecular weight is 487 g/mol. The van der Waals surface area contributed by atoms with Crippen LogP contribution in [0.15, 0.2) is 0 Å². The summed E-state index contributed by atoms with van der Waals surface area (Å²) in [6, 6.07) is 1.57. The Hall–Kier alpha value is 1.94. The topological polar surface area (TPSA) is 55.4 Å². The Kier molecular flexibility index (Phi) is 16.0. The molecule has 25 heavy (non-hydrogen) atoms. The van der Waals surface area contributed by atoms with Crippen molar-refractivity contribution in [3.8, 4) is 0 Å². The monoisotopic (exact) mass is 486 g/mol. The summed E-state index contributed by atoms with van der Waals surface area (Å²) in [7, 11) is 13.8. The van der Waals surface area contributed by atoms with Gasteiger partial charge in [0.2, 0.25) is 0 Å². The first-order chi connectivity index (χ1) is 11.9. The van der Waals surface area contributed by atoms with Crippen LogP contribution in [0.1, 0.15) is 13.8 Å². The van der Waals surface area contributed by atoms with Gasteiger partial charge in [0.1, 0.15) is 0 Å². The fraction of sp³-hybridized carbons (Fsp3) is 1.00. The summed E-state index contributed by atoms with van der Waals surface area (Å²) in [6.45, 7) is 4.32. The van der Waals surface area contributed by atoms with Crippen molar-refractivity contribution < 1.29 is 26.6 Å². The third kappa shape index (κ3) is 10.3. The molecule has 13 heteroatoms. The van der Waals surface area contributed by atoms with Crippen molar-refractivity contribution in [2.45, 2.75) is 36.4 Å². The van der Waals surface area contributed by atoms with Crippen LogP contribution in [0.4, 0.5) is 0 Å². The van der Waals surface area contributed by atoms with Gasteiger partial charge in [-0.1, -0.05) is 35.4 Å². The van der Waals surface area contributed by atoms with Crippen LogP contribution in [0.25, 0.3) is 0 Å². The Morgan fingerprint density at radius 2 is 0.840 bits per heavy atom. The maximum Gasteiger partial charge on any atom is 0.501 e. The van der Waals surface area contributed by atoms with E-state index < -0.39 is 17.6 Å². The fourth-order valence-corrected chi connectivity index (χ4v) is 17.1. The van der Waals surface area contributed by atoms with Crippen molar-refractivity contribution in [3.63, 3.8) is 0 Å². The highest BCUT2D eigenvalue weighted by Gasteiger charge is 2.40. The van der Waals surface area contributed by atoms with Gasteiger partial charge in [-0.05, 0) is 29.5 Å². The molecule has 0 N–H and O–H groups in total. The van der Waals surface area contributed by atoms with Gasteiger partial charge in [0, 0.05) is 65.2 Å². The molecule has 0 radical (unpaired) electrons.